The number of nitrogen functional groups attached to an aromatic ring is 1. The molecule has 0 spiro atoms. The Morgan fingerprint density at radius 3 is 2.60 bits per heavy atom. The van der Waals surface area contributed by atoms with Crippen molar-refractivity contribution < 1.29 is 9.00 Å². The molecule has 1 aromatic carbocycles. The molecule has 0 bridgehead atoms. The molecule has 0 saturated heterocycles. The van der Waals surface area contributed by atoms with Crippen molar-refractivity contribution in [3.05, 3.63) is 23.8 Å². The van der Waals surface area contributed by atoms with E-state index >= 15 is 0 Å². The monoisotopic (exact) mass is 226 g/mol. The number of hydrogen-bond donors (Lipinski definition) is 2. The number of amides is 1. The van der Waals surface area contributed by atoms with Crippen molar-refractivity contribution in [3.8, 4) is 0 Å². The molecule has 2 atom stereocenters. The van der Waals surface area contributed by atoms with E-state index in [4.69, 9.17) is 11.5 Å². The van der Waals surface area contributed by atoms with Gasteiger partial charge in [0.15, 0.2) is 0 Å². The maximum atomic E-state index is 11.9. The minimum absolute atomic E-state index is 0.462. The zero-order chi connectivity index (χ0) is 11.6. The van der Waals surface area contributed by atoms with Crippen molar-refractivity contribution >= 4 is 22.4 Å². The highest BCUT2D eigenvalue weighted by atomic mass is 32.2. The number of aryl methyl sites for hydroxylation is 1. The Morgan fingerprint density at radius 2 is 2.07 bits per heavy atom. The lowest BCUT2D eigenvalue weighted by Crippen LogP contribution is -2.30. The first-order valence-electron chi connectivity index (χ1n) is 4.50. The third kappa shape index (κ3) is 2.36. The number of nitrogens with two attached hydrogens (primary N) is 2. The van der Waals surface area contributed by atoms with Crippen molar-refractivity contribution in [2.45, 2.75) is 24.0 Å². The molecular formula is C10H14N2O2S. The van der Waals surface area contributed by atoms with Crippen LogP contribution in [0.4, 0.5) is 5.69 Å². The fourth-order valence-corrected chi connectivity index (χ4v) is 2.31. The van der Waals surface area contributed by atoms with E-state index in [1.807, 2.05) is 13.0 Å². The summed E-state index contributed by atoms with van der Waals surface area (Å²) < 4.78 is 11.9. The van der Waals surface area contributed by atoms with Gasteiger partial charge in [-0.3, -0.25) is 9.00 Å². The first-order chi connectivity index (χ1) is 6.95. The Hall–Kier alpha value is -1.36. The highest BCUT2D eigenvalue weighted by Crippen LogP contribution is 2.22. The SMILES string of the molecule is Cc1cccc(S(=O)C(C)C(N)=O)c1N. The summed E-state index contributed by atoms with van der Waals surface area (Å²) in [6.45, 7) is 3.35. The van der Waals surface area contributed by atoms with Gasteiger partial charge in [0, 0.05) is 0 Å². The Balaban J connectivity index is 3.12. The smallest absolute Gasteiger partial charge is 0.233 e. The molecule has 5 heteroatoms. The second kappa shape index (κ2) is 4.44. The van der Waals surface area contributed by atoms with Gasteiger partial charge in [-0.05, 0) is 25.5 Å². The minimum atomic E-state index is -1.48. The van der Waals surface area contributed by atoms with Gasteiger partial charge in [0.25, 0.3) is 0 Å². The van der Waals surface area contributed by atoms with Gasteiger partial charge >= 0.3 is 0 Å². The van der Waals surface area contributed by atoms with E-state index in [1.165, 1.54) is 6.92 Å². The fourth-order valence-electron chi connectivity index (χ4n) is 1.13. The molecule has 0 saturated carbocycles. The molecule has 0 heterocycles. The normalized spacial score (nSPS) is 14.5. The number of carbonyl (C=O) groups excluding carboxylic acids is 1. The molecule has 0 aromatic heterocycles. The summed E-state index contributed by atoms with van der Waals surface area (Å²) in [5, 5.41) is -0.728. The number of benzene rings is 1. The molecule has 0 radical (unpaired) electrons. The maximum absolute atomic E-state index is 11.9. The predicted molar refractivity (Wildman–Crippen MR) is 60.7 cm³/mol. The second-order valence-corrected chi connectivity index (χ2v) is 5.07. The minimum Gasteiger partial charge on any atom is -0.398 e. The molecule has 4 nitrogen and oxygen atoms in total. The van der Waals surface area contributed by atoms with Gasteiger partial charge in [0.2, 0.25) is 5.91 Å². The van der Waals surface area contributed by atoms with Crippen LogP contribution in [0.2, 0.25) is 0 Å². The molecule has 0 aliphatic carbocycles. The largest absolute Gasteiger partial charge is 0.398 e. The average molecular weight is 226 g/mol. The Bertz CT molecular complexity index is 418. The lowest BCUT2D eigenvalue weighted by Gasteiger charge is -2.11. The van der Waals surface area contributed by atoms with Crippen LogP contribution in [0.25, 0.3) is 0 Å². The van der Waals surface area contributed by atoms with Gasteiger partial charge in [-0.15, -0.1) is 0 Å². The average Bonchev–Trinajstić information content (AvgIpc) is 2.20. The summed E-state index contributed by atoms with van der Waals surface area (Å²) >= 11 is 0. The van der Waals surface area contributed by atoms with Gasteiger partial charge in [-0.2, -0.15) is 0 Å². The molecule has 0 aliphatic rings. The van der Waals surface area contributed by atoms with E-state index in [1.54, 1.807) is 12.1 Å². The lowest BCUT2D eigenvalue weighted by molar-refractivity contribution is -0.117. The van der Waals surface area contributed by atoms with E-state index in [9.17, 15) is 9.00 Å². The van der Waals surface area contributed by atoms with Crippen LogP contribution >= 0.6 is 0 Å². The van der Waals surface area contributed by atoms with Crippen LogP contribution in [0.5, 0.6) is 0 Å². The summed E-state index contributed by atoms with van der Waals surface area (Å²) in [5.74, 6) is -0.589. The number of anilines is 1. The highest BCUT2D eigenvalue weighted by Gasteiger charge is 2.20. The van der Waals surface area contributed by atoms with Crippen LogP contribution < -0.4 is 11.5 Å². The molecule has 2 unspecified atom stereocenters. The molecule has 1 aromatic rings. The first kappa shape index (κ1) is 11.7. The summed E-state index contributed by atoms with van der Waals surface area (Å²) in [6, 6.07) is 5.23. The third-order valence-corrected chi connectivity index (χ3v) is 3.89. The number of primary amides is 1. The molecule has 1 amide bonds. The molecule has 4 N–H and O–H groups in total. The number of rotatable bonds is 3. The molecule has 15 heavy (non-hydrogen) atoms. The van der Waals surface area contributed by atoms with Gasteiger partial charge in [-0.1, -0.05) is 12.1 Å². The van der Waals surface area contributed by atoms with Crippen LogP contribution in [0.3, 0.4) is 0 Å². The molecule has 1 rings (SSSR count). The van der Waals surface area contributed by atoms with Gasteiger partial charge < -0.3 is 11.5 Å². The van der Waals surface area contributed by atoms with E-state index < -0.39 is 22.0 Å². The lowest BCUT2D eigenvalue weighted by atomic mass is 10.2. The summed E-state index contributed by atoms with van der Waals surface area (Å²) in [6.07, 6.45) is 0. The highest BCUT2D eigenvalue weighted by molar-refractivity contribution is 7.86. The molecular weight excluding hydrogens is 212 g/mol. The summed E-state index contributed by atoms with van der Waals surface area (Å²) in [5.41, 5.74) is 12.2. The van der Waals surface area contributed by atoms with E-state index in [0.29, 0.717) is 10.6 Å². The predicted octanol–water partition coefficient (Wildman–Crippen LogP) is 0.559. The standard InChI is InChI=1S/C10H14N2O2S/c1-6-4-3-5-8(9(6)11)15(14)7(2)10(12)13/h3-5,7H,11H2,1-2H3,(H2,12,13). The first-order valence-corrected chi connectivity index (χ1v) is 5.71. The van der Waals surface area contributed by atoms with Crippen LogP contribution in [0, 0.1) is 6.92 Å². The van der Waals surface area contributed by atoms with E-state index in [2.05, 4.69) is 0 Å². The van der Waals surface area contributed by atoms with Crippen molar-refractivity contribution in [1.29, 1.82) is 0 Å². The number of hydrogen-bond acceptors (Lipinski definition) is 3. The van der Waals surface area contributed by atoms with Crippen molar-refractivity contribution in [1.82, 2.24) is 0 Å². The molecule has 82 valence electrons. The Morgan fingerprint density at radius 1 is 1.47 bits per heavy atom. The summed E-state index contributed by atoms with van der Waals surface area (Å²) in [4.78, 5) is 11.4. The quantitative estimate of drug-likeness (QED) is 0.738. The van der Waals surface area contributed by atoms with E-state index in [0.717, 1.165) is 5.56 Å². The molecule has 0 fully saturated rings. The second-order valence-electron chi connectivity index (χ2n) is 3.33. The fraction of sp³-hybridized carbons (Fsp3) is 0.300. The zero-order valence-corrected chi connectivity index (χ0v) is 9.51. The maximum Gasteiger partial charge on any atom is 0.233 e. The third-order valence-electron chi connectivity index (χ3n) is 2.22. The van der Waals surface area contributed by atoms with E-state index in [-0.39, 0.29) is 0 Å². The van der Waals surface area contributed by atoms with Crippen molar-refractivity contribution in [2.24, 2.45) is 5.73 Å². The number of para-hydroxylation sites is 1. The van der Waals surface area contributed by atoms with Crippen molar-refractivity contribution in [3.63, 3.8) is 0 Å². The van der Waals surface area contributed by atoms with Crippen LogP contribution in [-0.2, 0) is 15.6 Å². The van der Waals surface area contributed by atoms with Crippen LogP contribution in [-0.4, -0.2) is 15.4 Å². The topological polar surface area (TPSA) is 86.2 Å². The summed E-state index contributed by atoms with van der Waals surface area (Å²) in [7, 11) is -1.48. The van der Waals surface area contributed by atoms with Crippen LogP contribution in [0.15, 0.2) is 23.1 Å². The zero-order valence-electron chi connectivity index (χ0n) is 8.69. The molecule has 0 aliphatic heterocycles. The number of carbonyl (C=O) groups is 1. The van der Waals surface area contributed by atoms with Crippen molar-refractivity contribution in [2.75, 3.05) is 5.73 Å². The Labute approximate surface area is 91.1 Å². The van der Waals surface area contributed by atoms with Gasteiger partial charge in [0.05, 0.1) is 21.4 Å². The van der Waals surface area contributed by atoms with Gasteiger partial charge in [-0.25, -0.2) is 0 Å². The van der Waals surface area contributed by atoms with Gasteiger partial charge in [0.1, 0.15) is 5.25 Å². The Kier molecular flexibility index (Phi) is 3.47. The van der Waals surface area contributed by atoms with Crippen LogP contribution in [0.1, 0.15) is 12.5 Å².